The highest BCUT2D eigenvalue weighted by atomic mass is 79.9. The third kappa shape index (κ3) is 2.28. The van der Waals surface area contributed by atoms with Crippen LogP contribution >= 0.6 is 27.3 Å². The lowest BCUT2D eigenvalue weighted by molar-refractivity contribution is 1.17. The van der Waals surface area contributed by atoms with Crippen molar-refractivity contribution in [1.29, 1.82) is 0 Å². The molecule has 0 aliphatic carbocycles. The lowest BCUT2D eigenvalue weighted by atomic mass is 10.2. The highest BCUT2D eigenvalue weighted by Crippen LogP contribution is 2.27. The number of nitrogens with one attached hydrogen (secondary N) is 1. The quantitative estimate of drug-likeness (QED) is 0.693. The zero-order valence-electron chi connectivity index (χ0n) is 9.69. The largest absolute Gasteiger partial charge is 0.380 e. The molecule has 0 saturated carbocycles. The van der Waals surface area contributed by atoms with Crippen molar-refractivity contribution in [3.05, 3.63) is 63.9 Å². The predicted octanol–water partition coefficient (Wildman–Crippen LogP) is 5.28. The Bertz CT molecular complexity index is 675. The molecule has 1 aromatic heterocycles. The van der Waals surface area contributed by atoms with E-state index in [0.717, 1.165) is 16.7 Å². The third-order valence-electron chi connectivity index (χ3n) is 2.90. The molecule has 0 unspecified atom stereocenters. The van der Waals surface area contributed by atoms with Crippen molar-refractivity contribution in [2.75, 3.05) is 5.32 Å². The lowest BCUT2D eigenvalue weighted by Gasteiger charge is -2.07. The molecule has 0 bridgehead atoms. The van der Waals surface area contributed by atoms with Crippen LogP contribution in [0.1, 0.15) is 5.56 Å². The fraction of sp³-hybridized carbons (Fsp3) is 0.0667. The first kappa shape index (κ1) is 11.8. The van der Waals surface area contributed by atoms with E-state index in [-0.39, 0.29) is 0 Å². The molecule has 0 amide bonds. The van der Waals surface area contributed by atoms with Gasteiger partial charge in [-0.2, -0.15) is 0 Å². The molecule has 0 atom stereocenters. The molecule has 0 aliphatic rings. The topological polar surface area (TPSA) is 12.0 Å². The molecule has 2 aromatic carbocycles. The van der Waals surface area contributed by atoms with Gasteiger partial charge in [0.15, 0.2) is 0 Å². The van der Waals surface area contributed by atoms with E-state index in [0.29, 0.717) is 0 Å². The van der Waals surface area contributed by atoms with E-state index in [1.807, 2.05) is 18.2 Å². The second-order valence-electron chi connectivity index (χ2n) is 4.09. The van der Waals surface area contributed by atoms with Crippen molar-refractivity contribution in [2.24, 2.45) is 0 Å². The third-order valence-corrected chi connectivity index (χ3v) is 4.61. The molecule has 0 fully saturated rings. The number of thiophene rings is 1. The van der Waals surface area contributed by atoms with Crippen LogP contribution < -0.4 is 5.32 Å². The van der Waals surface area contributed by atoms with Gasteiger partial charge in [-0.1, -0.05) is 30.3 Å². The van der Waals surface area contributed by atoms with Crippen molar-refractivity contribution in [3.63, 3.8) is 0 Å². The van der Waals surface area contributed by atoms with Crippen LogP contribution in [-0.2, 0) is 6.54 Å². The van der Waals surface area contributed by atoms with Crippen molar-refractivity contribution in [1.82, 2.24) is 0 Å². The number of halogens is 1. The summed E-state index contributed by atoms with van der Waals surface area (Å²) < 4.78 is 2.45. The molecule has 1 N–H and O–H groups in total. The number of rotatable bonds is 3. The minimum absolute atomic E-state index is 0.854. The standard InChI is InChI=1S/C15H12BrNS/c16-13-6-2-3-7-14(13)17-9-11-10-18-15-8-4-1-5-12(11)15/h1-8,10,17H,9H2. The maximum absolute atomic E-state index is 3.55. The van der Waals surface area contributed by atoms with Crippen molar-refractivity contribution in [3.8, 4) is 0 Å². The molecule has 0 aliphatic heterocycles. The van der Waals surface area contributed by atoms with Crippen LogP contribution in [0.25, 0.3) is 10.1 Å². The van der Waals surface area contributed by atoms with E-state index < -0.39 is 0 Å². The molecular formula is C15H12BrNS. The van der Waals surface area contributed by atoms with E-state index >= 15 is 0 Å². The number of benzene rings is 2. The fourth-order valence-electron chi connectivity index (χ4n) is 1.96. The average molecular weight is 318 g/mol. The summed E-state index contributed by atoms with van der Waals surface area (Å²) in [5.41, 5.74) is 2.49. The summed E-state index contributed by atoms with van der Waals surface area (Å²) in [6, 6.07) is 16.7. The zero-order chi connectivity index (χ0) is 12.4. The van der Waals surface area contributed by atoms with Gasteiger partial charge in [0.2, 0.25) is 0 Å². The lowest BCUT2D eigenvalue weighted by Crippen LogP contribution is -1.98. The van der Waals surface area contributed by atoms with E-state index in [9.17, 15) is 0 Å². The highest BCUT2D eigenvalue weighted by molar-refractivity contribution is 9.10. The second kappa shape index (κ2) is 5.12. The predicted molar refractivity (Wildman–Crippen MR) is 83.3 cm³/mol. The number of hydrogen-bond acceptors (Lipinski definition) is 2. The van der Waals surface area contributed by atoms with Crippen LogP contribution in [0.4, 0.5) is 5.69 Å². The minimum atomic E-state index is 0.854. The van der Waals surface area contributed by atoms with Gasteiger partial charge in [-0.25, -0.2) is 0 Å². The summed E-state index contributed by atoms with van der Waals surface area (Å²) in [6.07, 6.45) is 0. The van der Waals surface area contributed by atoms with Gasteiger partial charge in [0.25, 0.3) is 0 Å². The molecular weight excluding hydrogens is 306 g/mol. The number of anilines is 1. The maximum Gasteiger partial charge on any atom is 0.0487 e. The second-order valence-corrected chi connectivity index (χ2v) is 5.86. The Morgan fingerprint density at radius 3 is 2.67 bits per heavy atom. The van der Waals surface area contributed by atoms with Gasteiger partial charge >= 0.3 is 0 Å². The Hall–Kier alpha value is -1.32. The summed E-state index contributed by atoms with van der Waals surface area (Å²) >= 11 is 5.35. The summed E-state index contributed by atoms with van der Waals surface area (Å²) in [5.74, 6) is 0. The van der Waals surface area contributed by atoms with Gasteiger partial charge in [0.05, 0.1) is 0 Å². The van der Waals surface area contributed by atoms with Crippen molar-refractivity contribution >= 4 is 43.0 Å². The first-order chi connectivity index (χ1) is 8.84. The molecule has 3 rings (SSSR count). The summed E-state index contributed by atoms with van der Waals surface area (Å²) in [6.45, 7) is 0.854. The van der Waals surface area contributed by atoms with Crippen molar-refractivity contribution < 1.29 is 0 Å². The average Bonchev–Trinajstić information content (AvgIpc) is 2.81. The Balaban J connectivity index is 1.83. The Kier molecular flexibility index (Phi) is 3.35. The normalized spacial score (nSPS) is 10.7. The molecule has 1 heterocycles. The van der Waals surface area contributed by atoms with Crippen LogP contribution in [-0.4, -0.2) is 0 Å². The van der Waals surface area contributed by atoms with Crippen LogP contribution in [0.2, 0.25) is 0 Å². The Morgan fingerprint density at radius 2 is 1.78 bits per heavy atom. The zero-order valence-corrected chi connectivity index (χ0v) is 12.1. The number of hydrogen-bond donors (Lipinski definition) is 1. The molecule has 3 aromatic rings. The highest BCUT2D eigenvalue weighted by Gasteiger charge is 2.03. The molecule has 18 heavy (non-hydrogen) atoms. The SMILES string of the molecule is Brc1ccccc1NCc1csc2ccccc12. The Morgan fingerprint density at radius 1 is 1.00 bits per heavy atom. The van der Waals surface area contributed by atoms with Crippen LogP contribution in [0.15, 0.2) is 58.4 Å². The first-order valence-corrected chi connectivity index (χ1v) is 7.45. The van der Waals surface area contributed by atoms with E-state index in [2.05, 4.69) is 57.0 Å². The summed E-state index contributed by atoms with van der Waals surface area (Å²) in [5, 5.41) is 7.05. The Labute approximate surface area is 119 Å². The van der Waals surface area contributed by atoms with Gasteiger partial charge in [0.1, 0.15) is 0 Å². The van der Waals surface area contributed by atoms with E-state index in [4.69, 9.17) is 0 Å². The van der Waals surface area contributed by atoms with E-state index in [1.54, 1.807) is 11.3 Å². The summed E-state index contributed by atoms with van der Waals surface area (Å²) in [4.78, 5) is 0. The van der Waals surface area contributed by atoms with Gasteiger partial charge in [-0.15, -0.1) is 11.3 Å². The molecule has 0 radical (unpaired) electrons. The van der Waals surface area contributed by atoms with Gasteiger partial charge in [-0.3, -0.25) is 0 Å². The monoisotopic (exact) mass is 317 g/mol. The van der Waals surface area contributed by atoms with Crippen molar-refractivity contribution in [2.45, 2.75) is 6.54 Å². The summed E-state index contributed by atoms with van der Waals surface area (Å²) in [7, 11) is 0. The van der Waals surface area contributed by atoms with Crippen LogP contribution in [0.3, 0.4) is 0 Å². The molecule has 90 valence electrons. The molecule has 0 spiro atoms. The van der Waals surface area contributed by atoms with Crippen LogP contribution in [0.5, 0.6) is 0 Å². The van der Waals surface area contributed by atoms with Gasteiger partial charge < -0.3 is 5.32 Å². The maximum atomic E-state index is 3.55. The minimum Gasteiger partial charge on any atom is -0.380 e. The fourth-order valence-corrected chi connectivity index (χ4v) is 3.35. The van der Waals surface area contributed by atoms with Gasteiger partial charge in [-0.05, 0) is 50.5 Å². The molecule has 1 nitrogen and oxygen atoms in total. The van der Waals surface area contributed by atoms with Crippen LogP contribution in [0, 0.1) is 0 Å². The molecule has 3 heteroatoms. The first-order valence-electron chi connectivity index (χ1n) is 5.78. The number of para-hydroxylation sites is 1. The van der Waals surface area contributed by atoms with Gasteiger partial charge in [0, 0.05) is 21.4 Å². The smallest absolute Gasteiger partial charge is 0.0487 e. The van der Waals surface area contributed by atoms with E-state index in [1.165, 1.54) is 15.6 Å². The number of fused-ring (bicyclic) bond motifs is 1. The molecule has 0 saturated heterocycles.